The summed E-state index contributed by atoms with van der Waals surface area (Å²) < 4.78 is 0. The molecule has 3 N–H and O–H groups in total. The van der Waals surface area contributed by atoms with Gasteiger partial charge in [0, 0.05) is 19.2 Å². The number of aromatic nitrogens is 1. The molecule has 0 bridgehead atoms. The van der Waals surface area contributed by atoms with E-state index < -0.39 is 0 Å². The third kappa shape index (κ3) is 3.24. The number of pyridine rings is 1. The third-order valence-corrected chi connectivity index (χ3v) is 1.51. The van der Waals surface area contributed by atoms with Crippen molar-refractivity contribution >= 4 is 0 Å². The highest BCUT2D eigenvalue weighted by Crippen LogP contribution is 1.97. The van der Waals surface area contributed by atoms with E-state index in [1.165, 1.54) is 0 Å². The fraction of sp³-hybridized carbons (Fsp3) is 0.300. The molecule has 0 spiro atoms. The van der Waals surface area contributed by atoms with Gasteiger partial charge in [-0.25, -0.2) is 4.98 Å². The molecule has 1 aromatic rings. The molecule has 0 saturated carbocycles. The molecule has 1 rings (SSSR count). The Bertz CT molecular complexity index is 308. The van der Waals surface area contributed by atoms with Crippen molar-refractivity contribution in [2.75, 3.05) is 6.61 Å². The molecule has 68 valence electrons. The largest absolute Gasteiger partial charge is 0.395 e. The van der Waals surface area contributed by atoms with Crippen molar-refractivity contribution in [3.8, 4) is 11.8 Å². The van der Waals surface area contributed by atoms with Crippen molar-refractivity contribution in [1.29, 1.82) is 0 Å². The average Bonchev–Trinajstić information content (AvgIpc) is 2.19. The third-order valence-electron chi connectivity index (χ3n) is 1.51. The Morgan fingerprint density at radius 1 is 1.46 bits per heavy atom. The van der Waals surface area contributed by atoms with Gasteiger partial charge in [0.25, 0.3) is 0 Å². The van der Waals surface area contributed by atoms with Crippen molar-refractivity contribution < 1.29 is 5.11 Å². The van der Waals surface area contributed by atoms with Crippen LogP contribution in [0.4, 0.5) is 0 Å². The lowest BCUT2D eigenvalue weighted by Gasteiger charge is -1.94. The molecular formula is C10H12N2O. The summed E-state index contributed by atoms with van der Waals surface area (Å²) >= 11 is 0. The molecule has 3 nitrogen and oxygen atoms in total. The van der Waals surface area contributed by atoms with Gasteiger partial charge in [0.05, 0.1) is 6.61 Å². The van der Waals surface area contributed by atoms with Gasteiger partial charge in [-0.05, 0) is 17.6 Å². The van der Waals surface area contributed by atoms with Gasteiger partial charge in [0.15, 0.2) is 0 Å². The molecule has 13 heavy (non-hydrogen) atoms. The quantitative estimate of drug-likeness (QED) is 0.636. The topological polar surface area (TPSA) is 59.1 Å². The lowest BCUT2D eigenvalue weighted by atomic mass is 10.2. The molecule has 3 heteroatoms. The second kappa shape index (κ2) is 5.31. The first-order valence-corrected chi connectivity index (χ1v) is 4.11. The van der Waals surface area contributed by atoms with Crippen LogP contribution < -0.4 is 5.73 Å². The molecule has 0 aliphatic carbocycles. The Labute approximate surface area is 77.6 Å². The zero-order valence-electron chi connectivity index (χ0n) is 7.33. The monoisotopic (exact) mass is 176 g/mol. The zero-order valence-corrected chi connectivity index (χ0v) is 7.33. The second-order valence-corrected chi connectivity index (χ2v) is 2.53. The van der Waals surface area contributed by atoms with Crippen LogP contribution in [0.2, 0.25) is 0 Å². The molecule has 0 amide bonds. The SMILES string of the molecule is NCc1ccc(C#CCCO)nc1. The fourth-order valence-electron chi connectivity index (χ4n) is 0.828. The molecule has 0 atom stereocenters. The van der Waals surface area contributed by atoms with Crippen LogP contribution in [-0.4, -0.2) is 16.7 Å². The predicted octanol–water partition coefficient (Wildman–Crippen LogP) is 0.274. The number of rotatable bonds is 2. The van der Waals surface area contributed by atoms with E-state index in [0.717, 1.165) is 5.56 Å². The molecule has 0 aromatic carbocycles. The van der Waals surface area contributed by atoms with Crippen LogP contribution >= 0.6 is 0 Å². The minimum Gasteiger partial charge on any atom is -0.395 e. The van der Waals surface area contributed by atoms with E-state index in [0.29, 0.717) is 18.7 Å². The fourth-order valence-corrected chi connectivity index (χ4v) is 0.828. The first-order chi connectivity index (χ1) is 6.36. The van der Waals surface area contributed by atoms with E-state index >= 15 is 0 Å². The van der Waals surface area contributed by atoms with Crippen LogP contribution in [0, 0.1) is 11.8 Å². The summed E-state index contributed by atoms with van der Waals surface area (Å²) in [6.07, 6.45) is 2.20. The molecule has 1 aromatic heterocycles. The summed E-state index contributed by atoms with van der Waals surface area (Å²) in [6, 6.07) is 3.72. The van der Waals surface area contributed by atoms with Gasteiger partial charge < -0.3 is 10.8 Å². The minimum atomic E-state index is 0.0912. The Hall–Kier alpha value is -1.37. The van der Waals surface area contributed by atoms with Crippen molar-refractivity contribution in [3.63, 3.8) is 0 Å². The summed E-state index contributed by atoms with van der Waals surface area (Å²) in [5.41, 5.74) is 7.12. The standard InChI is InChI=1S/C10H12N2O/c11-7-9-4-5-10(12-8-9)3-1-2-6-13/h4-5,8,13H,2,6-7,11H2. The Morgan fingerprint density at radius 2 is 2.31 bits per heavy atom. The van der Waals surface area contributed by atoms with Crippen molar-refractivity contribution in [3.05, 3.63) is 29.6 Å². The zero-order chi connectivity index (χ0) is 9.52. The van der Waals surface area contributed by atoms with Gasteiger partial charge in [-0.2, -0.15) is 0 Å². The molecular weight excluding hydrogens is 164 g/mol. The first-order valence-electron chi connectivity index (χ1n) is 4.11. The van der Waals surface area contributed by atoms with E-state index in [-0.39, 0.29) is 6.61 Å². The maximum atomic E-state index is 8.49. The summed E-state index contributed by atoms with van der Waals surface area (Å²) in [5, 5.41) is 8.49. The predicted molar refractivity (Wildman–Crippen MR) is 50.7 cm³/mol. The van der Waals surface area contributed by atoms with Gasteiger partial charge in [-0.3, -0.25) is 0 Å². The number of aliphatic hydroxyl groups excluding tert-OH is 1. The van der Waals surface area contributed by atoms with Crippen LogP contribution in [0.5, 0.6) is 0 Å². The molecule has 0 saturated heterocycles. The maximum Gasteiger partial charge on any atom is 0.113 e. The van der Waals surface area contributed by atoms with E-state index in [1.54, 1.807) is 6.20 Å². The number of hydrogen-bond donors (Lipinski definition) is 2. The van der Waals surface area contributed by atoms with Gasteiger partial charge in [0.2, 0.25) is 0 Å². The van der Waals surface area contributed by atoms with E-state index in [1.807, 2.05) is 12.1 Å². The van der Waals surface area contributed by atoms with Crippen molar-refractivity contribution in [1.82, 2.24) is 4.98 Å². The van der Waals surface area contributed by atoms with Crippen LogP contribution in [0.3, 0.4) is 0 Å². The lowest BCUT2D eigenvalue weighted by molar-refractivity contribution is 0.305. The van der Waals surface area contributed by atoms with Crippen LogP contribution in [0.25, 0.3) is 0 Å². The highest BCUT2D eigenvalue weighted by molar-refractivity contribution is 5.28. The lowest BCUT2D eigenvalue weighted by Crippen LogP contribution is -1.96. The van der Waals surface area contributed by atoms with E-state index in [4.69, 9.17) is 10.8 Å². The Kier molecular flexibility index (Phi) is 3.97. The van der Waals surface area contributed by atoms with Crippen LogP contribution in [0.1, 0.15) is 17.7 Å². The van der Waals surface area contributed by atoms with Gasteiger partial charge in [-0.15, -0.1) is 0 Å². The summed E-state index contributed by atoms with van der Waals surface area (Å²) in [5.74, 6) is 5.63. The highest BCUT2D eigenvalue weighted by atomic mass is 16.2. The Morgan fingerprint density at radius 3 is 2.85 bits per heavy atom. The van der Waals surface area contributed by atoms with E-state index in [9.17, 15) is 0 Å². The second-order valence-electron chi connectivity index (χ2n) is 2.53. The number of nitrogens with two attached hydrogens (primary N) is 1. The normalized spacial score (nSPS) is 9.08. The molecule has 0 aliphatic rings. The average molecular weight is 176 g/mol. The first kappa shape index (κ1) is 9.72. The minimum absolute atomic E-state index is 0.0912. The maximum absolute atomic E-state index is 8.49. The number of hydrogen-bond acceptors (Lipinski definition) is 3. The van der Waals surface area contributed by atoms with Crippen molar-refractivity contribution in [2.45, 2.75) is 13.0 Å². The molecule has 0 unspecified atom stereocenters. The molecule has 0 radical (unpaired) electrons. The highest BCUT2D eigenvalue weighted by Gasteiger charge is 1.89. The Balaban J connectivity index is 2.65. The van der Waals surface area contributed by atoms with E-state index in [2.05, 4.69) is 16.8 Å². The summed E-state index contributed by atoms with van der Waals surface area (Å²) in [6.45, 7) is 0.589. The van der Waals surface area contributed by atoms with Crippen LogP contribution in [-0.2, 0) is 6.54 Å². The van der Waals surface area contributed by atoms with Gasteiger partial charge >= 0.3 is 0 Å². The van der Waals surface area contributed by atoms with Crippen molar-refractivity contribution in [2.24, 2.45) is 5.73 Å². The number of nitrogens with zero attached hydrogens (tertiary/aromatic N) is 1. The summed E-state index contributed by atoms with van der Waals surface area (Å²) in [7, 11) is 0. The number of aliphatic hydroxyl groups is 1. The smallest absolute Gasteiger partial charge is 0.113 e. The van der Waals surface area contributed by atoms with Gasteiger partial charge in [-0.1, -0.05) is 12.0 Å². The molecule has 1 heterocycles. The summed E-state index contributed by atoms with van der Waals surface area (Å²) in [4.78, 5) is 4.09. The van der Waals surface area contributed by atoms with Crippen LogP contribution in [0.15, 0.2) is 18.3 Å². The molecule has 0 fully saturated rings. The molecule has 0 aliphatic heterocycles. The van der Waals surface area contributed by atoms with Gasteiger partial charge in [0.1, 0.15) is 5.69 Å².